The normalized spacial score (nSPS) is 48.8. The fraction of sp³-hybridized carbons (Fsp3) is 0.600. The molecule has 4 nitrogen and oxygen atoms in total. The molecule has 5 atom stereocenters. The van der Waals surface area contributed by atoms with Gasteiger partial charge in [-0.2, -0.15) is 0 Å². The van der Waals surface area contributed by atoms with E-state index >= 15 is 0 Å². The van der Waals surface area contributed by atoms with Gasteiger partial charge in [0.15, 0.2) is 5.78 Å². The Balaban J connectivity index is 2.16. The van der Waals surface area contributed by atoms with Crippen molar-refractivity contribution in [1.82, 2.24) is 0 Å². The first-order valence-electron chi connectivity index (χ1n) is 6.68. The van der Waals surface area contributed by atoms with Crippen LogP contribution in [0.4, 0.5) is 0 Å². The molecule has 102 valence electrons. The van der Waals surface area contributed by atoms with Crippen molar-refractivity contribution < 1.29 is 19.4 Å². The van der Waals surface area contributed by atoms with Gasteiger partial charge in [0.1, 0.15) is 17.1 Å². The van der Waals surface area contributed by atoms with Crippen molar-refractivity contribution in [3.8, 4) is 0 Å². The van der Waals surface area contributed by atoms with Gasteiger partial charge in [-0.15, -0.1) is 0 Å². The van der Waals surface area contributed by atoms with E-state index in [4.69, 9.17) is 4.74 Å². The number of allylic oxidation sites excluding steroid dienone is 1. The van der Waals surface area contributed by atoms with Crippen molar-refractivity contribution in [2.45, 2.75) is 38.4 Å². The number of ketones is 1. The van der Waals surface area contributed by atoms with Crippen molar-refractivity contribution in [2.24, 2.45) is 17.3 Å². The third kappa shape index (κ3) is 1.27. The minimum atomic E-state index is -1.24. The summed E-state index contributed by atoms with van der Waals surface area (Å²) in [5.41, 5.74) is -1.90. The zero-order valence-electron chi connectivity index (χ0n) is 11.2. The monoisotopic (exact) mass is 262 g/mol. The third-order valence-electron chi connectivity index (χ3n) is 5.37. The lowest BCUT2D eigenvalue weighted by molar-refractivity contribution is -0.165. The molecule has 1 aliphatic heterocycles. The molecule has 1 N–H and O–H groups in total. The molecular weight excluding hydrogens is 244 g/mol. The highest BCUT2D eigenvalue weighted by Gasteiger charge is 2.66. The molecule has 3 aliphatic rings. The first kappa shape index (κ1) is 12.6. The number of ether oxygens (including phenoxy) is 1. The predicted octanol–water partition coefficient (Wildman–Crippen LogP) is 1.39. The van der Waals surface area contributed by atoms with Gasteiger partial charge in [-0.1, -0.05) is 13.5 Å². The molecule has 0 radical (unpaired) electrons. The molecule has 0 aromatic rings. The number of carbonyl (C=O) groups excluding carboxylic acids is 2. The SMILES string of the molecule is C=C1C(=O)O[C@@H]2[C@@H]1CC[C@H](C)[C@]1(O)C=CC(=O)[C@@]21C. The summed E-state index contributed by atoms with van der Waals surface area (Å²) < 4.78 is 5.40. The van der Waals surface area contributed by atoms with Crippen LogP contribution in [0.3, 0.4) is 0 Å². The van der Waals surface area contributed by atoms with E-state index < -0.39 is 23.1 Å². The molecule has 2 fully saturated rings. The number of fused-ring (bicyclic) bond motifs is 3. The van der Waals surface area contributed by atoms with Crippen LogP contribution in [0.25, 0.3) is 0 Å². The molecule has 0 aromatic carbocycles. The molecule has 3 rings (SSSR count). The lowest BCUT2D eigenvalue weighted by atomic mass is 9.65. The van der Waals surface area contributed by atoms with Gasteiger partial charge in [-0.25, -0.2) is 4.79 Å². The van der Waals surface area contributed by atoms with Gasteiger partial charge in [0.05, 0.1) is 0 Å². The van der Waals surface area contributed by atoms with Crippen LogP contribution in [0.5, 0.6) is 0 Å². The molecule has 2 aliphatic carbocycles. The van der Waals surface area contributed by atoms with Crippen molar-refractivity contribution >= 4 is 11.8 Å². The summed E-state index contributed by atoms with van der Waals surface area (Å²) >= 11 is 0. The van der Waals surface area contributed by atoms with E-state index in [1.165, 1.54) is 6.08 Å². The minimum absolute atomic E-state index is 0.0581. The Morgan fingerprint density at radius 3 is 2.79 bits per heavy atom. The van der Waals surface area contributed by atoms with Crippen molar-refractivity contribution in [1.29, 1.82) is 0 Å². The van der Waals surface area contributed by atoms with Gasteiger partial charge < -0.3 is 9.84 Å². The molecule has 0 bridgehead atoms. The van der Waals surface area contributed by atoms with Gasteiger partial charge in [0.25, 0.3) is 0 Å². The predicted molar refractivity (Wildman–Crippen MR) is 68.1 cm³/mol. The van der Waals surface area contributed by atoms with E-state index in [2.05, 4.69) is 6.58 Å². The molecule has 0 unspecified atom stereocenters. The summed E-state index contributed by atoms with van der Waals surface area (Å²) in [7, 11) is 0. The lowest BCUT2D eigenvalue weighted by Crippen LogP contribution is -2.56. The summed E-state index contributed by atoms with van der Waals surface area (Å²) in [6.45, 7) is 7.44. The Morgan fingerprint density at radius 2 is 2.11 bits per heavy atom. The Morgan fingerprint density at radius 1 is 1.42 bits per heavy atom. The van der Waals surface area contributed by atoms with Gasteiger partial charge in [-0.3, -0.25) is 4.79 Å². The van der Waals surface area contributed by atoms with E-state index in [9.17, 15) is 14.7 Å². The Hall–Kier alpha value is -1.42. The summed E-state index contributed by atoms with van der Waals surface area (Å²) in [5.74, 6) is -0.829. The van der Waals surface area contributed by atoms with Crippen LogP contribution in [0.1, 0.15) is 26.7 Å². The summed E-state index contributed by atoms with van der Waals surface area (Å²) in [6.07, 6.45) is 3.85. The molecule has 0 amide bonds. The molecule has 0 aromatic heterocycles. The number of hydrogen-bond acceptors (Lipinski definition) is 4. The van der Waals surface area contributed by atoms with E-state index in [-0.39, 0.29) is 17.6 Å². The number of esters is 1. The molecule has 1 heterocycles. The van der Waals surface area contributed by atoms with Gasteiger partial charge in [0, 0.05) is 11.5 Å². The maximum absolute atomic E-state index is 12.3. The molecule has 1 saturated carbocycles. The highest BCUT2D eigenvalue weighted by molar-refractivity contribution is 6.01. The standard InChI is InChI=1S/C15H18O4/c1-8-4-5-10-9(2)13(17)19-12(10)14(3)11(16)6-7-15(8,14)18/h6-8,10,12,18H,2,4-5H2,1,3H3/t8-,10+,12+,14-,15+/m0/s1. The van der Waals surface area contributed by atoms with Crippen LogP contribution in [-0.4, -0.2) is 28.6 Å². The van der Waals surface area contributed by atoms with Crippen LogP contribution in [-0.2, 0) is 14.3 Å². The lowest BCUT2D eigenvalue weighted by Gasteiger charge is -2.43. The van der Waals surface area contributed by atoms with Crippen molar-refractivity contribution in [3.63, 3.8) is 0 Å². The highest BCUT2D eigenvalue weighted by Crippen LogP contribution is 2.56. The Bertz CT molecular complexity index is 520. The smallest absolute Gasteiger partial charge is 0.334 e. The van der Waals surface area contributed by atoms with Gasteiger partial charge >= 0.3 is 5.97 Å². The molecule has 4 heteroatoms. The van der Waals surface area contributed by atoms with E-state index in [1.54, 1.807) is 13.0 Å². The second-order valence-corrected chi connectivity index (χ2v) is 6.16. The number of hydrogen-bond donors (Lipinski definition) is 1. The fourth-order valence-corrected chi connectivity index (χ4v) is 3.89. The molecule has 0 spiro atoms. The maximum atomic E-state index is 12.3. The van der Waals surface area contributed by atoms with E-state index in [0.29, 0.717) is 5.57 Å². The molecule has 1 saturated heterocycles. The molecule has 19 heavy (non-hydrogen) atoms. The fourth-order valence-electron chi connectivity index (χ4n) is 3.89. The van der Waals surface area contributed by atoms with Crippen molar-refractivity contribution in [2.75, 3.05) is 0 Å². The summed E-state index contributed by atoms with van der Waals surface area (Å²) in [6, 6.07) is 0. The molecular formula is C15H18O4. The number of carbonyl (C=O) groups is 2. The first-order valence-corrected chi connectivity index (χ1v) is 6.68. The number of aliphatic hydroxyl groups is 1. The van der Waals surface area contributed by atoms with E-state index in [1.807, 2.05) is 6.92 Å². The average molecular weight is 262 g/mol. The average Bonchev–Trinajstić information content (AvgIpc) is 2.76. The second-order valence-electron chi connectivity index (χ2n) is 6.16. The zero-order chi connectivity index (χ0) is 14.0. The summed E-state index contributed by atoms with van der Waals surface area (Å²) in [5, 5.41) is 11.0. The van der Waals surface area contributed by atoms with Gasteiger partial charge in [-0.05, 0) is 37.8 Å². The first-order chi connectivity index (χ1) is 8.82. The van der Waals surface area contributed by atoms with Crippen LogP contribution in [0.15, 0.2) is 24.3 Å². The van der Waals surface area contributed by atoms with Crippen molar-refractivity contribution in [3.05, 3.63) is 24.3 Å². The Labute approximate surface area is 112 Å². The maximum Gasteiger partial charge on any atom is 0.334 e. The number of rotatable bonds is 0. The minimum Gasteiger partial charge on any atom is -0.457 e. The van der Waals surface area contributed by atoms with Gasteiger partial charge in [0.2, 0.25) is 0 Å². The third-order valence-corrected chi connectivity index (χ3v) is 5.37. The van der Waals surface area contributed by atoms with Crippen LogP contribution in [0, 0.1) is 17.3 Å². The second kappa shape index (κ2) is 3.57. The quantitative estimate of drug-likeness (QED) is 0.529. The zero-order valence-corrected chi connectivity index (χ0v) is 11.2. The van der Waals surface area contributed by atoms with E-state index in [0.717, 1.165) is 12.8 Å². The highest BCUT2D eigenvalue weighted by atomic mass is 16.6. The topological polar surface area (TPSA) is 63.6 Å². The van der Waals surface area contributed by atoms with Crippen LogP contribution < -0.4 is 0 Å². The largest absolute Gasteiger partial charge is 0.457 e. The Kier molecular flexibility index (Phi) is 2.37. The van der Waals surface area contributed by atoms with Crippen LogP contribution in [0.2, 0.25) is 0 Å². The van der Waals surface area contributed by atoms with Crippen LogP contribution >= 0.6 is 0 Å². The summed E-state index contributed by atoms with van der Waals surface area (Å²) in [4.78, 5) is 24.1.